The van der Waals surface area contributed by atoms with Gasteiger partial charge >= 0.3 is 0 Å². The molecular weight excluding hydrogens is 170 g/mol. The zero-order valence-corrected chi connectivity index (χ0v) is 7.80. The molecule has 0 saturated heterocycles. The van der Waals surface area contributed by atoms with Gasteiger partial charge in [0.25, 0.3) is 0 Å². The number of nitrogens with zero attached hydrogens (tertiary/aromatic N) is 1. The van der Waals surface area contributed by atoms with Crippen molar-refractivity contribution in [3.8, 4) is 0 Å². The molecule has 0 saturated carbocycles. The second kappa shape index (κ2) is 3.27. The van der Waals surface area contributed by atoms with Gasteiger partial charge in [-0.1, -0.05) is 13.0 Å². The number of hydrogen-bond acceptors (Lipinski definition) is 3. The predicted octanol–water partition coefficient (Wildman–Crippen LogP) is 2.30. The van der Waals surface area contributed by atoms with Crippen molar-refractivity contribution in [1.82, 2.24) is 0 Å². The van der Waals surface area contributed by atoms with Crippen molar-refractivity contribution < 1.29 is 4.74 Å². The summed E-state index contributed by atoms with van der Waals surface area (Å²) in [5.74, 6) is 0.830. The molecule has 0 spiro atoms. The molecule has 0 bridgehead atoms. The van der Waals surface area contributed by atoms with Crippen LogP contribution in [0.1, 0.15) is 18.2 Å². The molecule has 1 aromatic heterocycles. The Balaban J connectivity index is 2.16. The van der Waals surface area contributed by atoms with E-state index >= 15 is 0 Å². The van der Waals surface area contributed by atoms with Crippen molar-refractivity contribution in [2.45, 2.75) is 19.4 Å². The van der Waals surface area contributed by atoms with Gasteiger partial charge in [-0.3, -0.25) is 0 Å². The number of rotatable bonds is 2. The Kier molecular flexibility index (Phi) is 2.13. The summed E-state index contributed by atoms with van der Waals surface area (Å²) in [6, 6.07) is 4.44. The monoisotopic (exact) mass is 181 g/mol. The molecule has 3 heteroatoms. The van der Waals surface area contributed by atoms with Crippen molar-refractivity contribution in [3.05, 3.63) is 22.4 Å². The van der Waals surface area contributed by atoms with Crippen LogP contribution >= 0.6 is 11.3 Å². The molecule has 0 amide bonds. The van der Waals surface area contributed by atoms with Crippen LogP contribution in [0, 0.1) is 0 Å². The molecule has 1 aromatic rings. The molecule has 1 aliphatic heterocycles. The first kappa shape index (κ1) is 7.80. The zero-order chi connectivity index (χ0) is 8.39. The summed E-state index contributed by atoms with van der Waals surface area (Å²) >= 11 is 1.68. The van der Waals surface area contributed by atoms with Crippen LogP contribution in [0.3, 0.4) is 0 Å². The first-order chi connectivity index (χ1) is 5.90. The van der Waals surface area contributed by atoms with E-state index in [2.05, 4.69) is 11.9 Å². The van der Waals surface area contributed by atoms with Crippen molar-refractivity contribution in [2.24, 2.45) is 4.99 Å². The molecule has 2 rings (SSSR count). The van der Waals surface area contributed by atoms with Crippen LogP contribution in [0.4, 0.5) is 0 Å². The quantitative estimate of drug-likeness (QED) is 0.686. The summed E-state index contributed by atoms with van der Waals surface area (Å²) in [4.78, 5) is 5.60. The summed E-state index contributed by atoms with van der Waals surface area (Å²) in [6.07, 6.45) is 1.06. The van der Waals surface area contributed by atoms with Crippen LogP contribution in [-0.4, -0.2) is 18.5 Å². The maximum Gasteiger partial charge on any atom is 0.226 e. The van der Waals surface area contributed by atoms with E-state index in [0.717, 1.165) is 23.8 Å². The van der Waals surface area contributed by atoms with E-state index in [-0.39, 0.29) is 0 Å². The van der Waals surface area contributed by atoms with E-state index in [9.17, 15) is 0 Å². The highest BCUT2D eigenvalue weighted by Crippen LogP contribution is 2.17. The summed E-state index contributed by atoms with van der Waals surface area (Å²) in [5.41, 5.74) is 0. The molecule has 1 aliphatic rings. The lowest BCUT2D eigenvalue weighted by Gasteiger charge is -1.96. The molecule has 2 nitrogen and oxygen atoms in total. The number of hydrogen-bond donors (Lipinski definition) is 0. The smallest absolute Gasteiger partial charge is 0.226 e. The Morgan fingerprint density at radius 3 is 3.25 bits per heavy atom. The van der Waals surface area contributed by atoms with Gasteiger partial charge in [-0.25, -0.2) is 4.99 Å². The Bertz CT molecular complexity index is 279. The Labute approximate surface area is 75.9 Å². The first-order valence-corrected chi connectivity index (χ1v) is 5.02. The summed E-state index contributed by atoms with van der Waals surface area (Å²) in [6.45, 7) is 2.89. The van der Waals surface area contributed by atoms with Crippen LogP contribution in [-0.2, 0) is 4.74 Å². The number of aliphatic imine (C=N–C) groups is 1. The molecule has 1 atom stereocenters. The summed E-state index contributed by atoms with van der Waals surface area (Å²) < 4.78 is 5.46. The fourth-order valence-corrected chi connectivity index (χ4v) is 1.83. The molecule has 0 fully saturated rings. The van der Waals surface area contributed by atoms with E-state index in [1.165, 1.54) is 0 Å². The second-order valence-electron chi connectivity index (χ2n) is 2.78. The average Bonchev–Trinajstić information content (AvgIpc) is 2.75. The molecule has 64 valence electrons. The highest BCUT2D eigenvalue weighted by atomic mass is 32.1. The van der Waals surface area contributed by atoms with Crippen molar-refractivity contribution in [1.29, 1.82) is 0 Å². The molecule has 0 unspecified atom stereocenters. The molecule has 0 radical (unpaired) electrons. The molecule has 2 heterocycles. The maximum atomic E-state index is 5.46. The standard InChI is InChI=1S/C9H11NOS/c1-2-7-6-11-9(10-7)8-4-3-5-12-8/h3-5,7H,2,6H2,1H3/t7-/m1/s1. The largest absolute Gasteiger partial charge is 0.475 e. The highest BCUT2D eigenvalue weighted by Gasteiger charge is 2.18. The third kappa shape index (κ3) is 1.37. The Morgan fingerprint density at radius 2 is 2.67 bits per heavy atom. The van der Waals surface area contributed by atoms with Gasteiger partial charge in [-0.2, -0.15) is 0 Å². The van der Waals surface area contributed by atoms with Crippen LogP contribution in [0.5, 0.6) is 0 Å². The van der Waals surface area contributed by atoms with Crippen molar-refractivity contribution >= 4 is 17.2 Å². The molecule has 12 heavy (non-hydrogen) atoms. The molecule has 0 aromatic carbocycles. The van der Waals surface area contributed by atoms with Gasteiger partial charge in [-0.05, 0) is 17.9 Å². The van der Waals surface area contributed by atoms with Gasteiger partial charge in [0.05, 0.1) is 10.9 Å². The fraction of sp³-hybridized carbons (Fsp3) is 0.444. The summed E-state index contributed by atoms with van der Waals surface area (Å²) in [7, 11) is 0. The van der Waals surface area contributed by atoms with Gasteiger partial charge in [-0.15, -0.1) is 11.3 Å². The van der Waals surface area contributed by atoms with E-state index in [1.807, 2.05) is 17.5 Å². The number of thiophene rings is 1. The van der Waals surface area contributed by atoms with Crippen molar-refractivity contribution in [3.63, 3.8) is 0 Å². The van der Waals surface area contributed by atoms with E-state index in [4.69, 9.17) is 4.74 Å². The third-order valence-electron chi connectivity index (χ3n) is 1.92. The lowest BCUT2D eigenvalue weighted by atomic mass is 10.3. The van der Waals surface area contributed by atoms with Gasteiger partial charge in [0.2, 0.25) is 5.90 Å². The van der Waals surface area contributed by atoms with E-state index in [1.54, 1.807) is 11.3 Å². The van der Waals surface area contributed by atoms with Gasteiger partial charge in [0.15, 0.2) is 0 Å². The third-order valence-corrected chi connectivity index (χ3v) is 2.77. The minimum absolute atomic E-state index is 0.377. The van der Waals surface area contributed by atoms with E-state index < -0.39 is 0 Å². The zero-order valence-electron chi connectivity index (χ0n) is 6.99. The molecule has 0 aliphatic carbocycles. The Morgan fingerprint density at radius 1 is 1.75 bits per heavy atom. The lowest BCUT2D eigenvalue weighted by Crippen LogP contribution is -2.03. The van der Waals surface area contributed by atoms with Crippen LogP contribution in [0.15, 0.2) is 22.5 Å². The van der Waals surface area contributed by atoms with Gasteiger partial charge in [0.1, 0.15) is 6.61 Å². The van der Waals surface area contributed by atoms with Crippen LogP contribution < -0.4 is 0 Å². The van der Waals surface area contributed by atoms with Crippen LogP contribution in [0.2, 0.25) is 0 Å². The molecule has 0 N–H and O–H groups in total. The first-order valence-electron chi connectivity index (χ1n) is 4.14. The minimum atomic E-state index is 0.377. The van der Waals surface area contributed by atoms with Gasteiger partial charge < -0.3 is 4.74 Å². The SMILES string of the molecule is CC[C@@H]1COC(c2cccs2)=N1. The maximum absolute atomic E-state index is 5.46. The second-order valence-corrected chi connectivity index (χ2v) is 3.73. The minimum Gasteiger partial charge on any atom is -0.475 e. The normalized spacial score (nSPS) is 22.1. The highest BCUT2D eigenvalue weighted by molar-refractivity contribution is 7.12. The average molecular weight is 181 g/mol. The van der Waals surface area contributed by atoms with Gasteiger partial charge in [0, 0.05) is 0 Å². The fourth-order valence-electron chi connectivity index (χ4n) is 1.16. The van der Waals surface area contributed by atoms with Crippen LogP contribution in [0.25, 0.3) is 0 Å². The topological polar surface area (TPSA) is 21.6 Å². The molecular formula is C9H11NOS. The Hall–Kier alpha value is -0.830. The number of ether oxygens (including phenoxy) is 1. The predicted molar refractivity (Wildman–Crippen MR) is 50.9 cm³/mol. The van der Waals surface area contributed by atoms with E-state index in [0.29, 0.717) is 6.04 Å². The summed E-state index contributed by atoms with van der Waals surface area (Å²) in [5, 5.41) is 2.04. The van der Waals surface area contributed by atoms with Crippen molar-refractivity contribution in [2.75, 3.05) is 6.61 Å². The lowest BCUT2D eigenvalue weighted by molar-refractivity contribution is 0.315.